The molecular formula is C21H18O4. The molecule has 2 atom stereocenters. The maximum absolute atomic E-state index is 13.1. The van der Waals surface area contributed by atoms with E-state index in [4.69, 9.17) is 13.9 Å². The van der Waals surface area contributed by atoms with E-state index in [9.17, 15) is 4.79 Å². The third kappa shape index (κ3) is 2.21. The van der Waals surface area contributed by atoms with E-state index in [1.807, 2.05) is 43.3 Å². The Labute approximate surface area is 145 Å². The molecule has 1 fully saturated rings. The highest BCUT2D eigenvalue weighted by Crippen LogP contribution is 2.40. The van der Waals surface area contributed by atoms with Gasteiger partial charge >= 0.3 is 0 Å². The molecule has 2 unspecified atom stereocenters. The first-order chi connectivity index (χ1) is 12.2. The van der Waals surface area contributed by atoms with Crippen LogP contribution in [-0.2, 0) is 11.2 Å². The van der Waals surface area contributed by atoms with E-state index in [0.717, 1.165) is 36.3 Å². The Balaban J connectivity index is 1.74. The summed E-state index contributed by atoms with van der Waals surface area (Å²) < 4.78 is 17.8. The second-order valence-corrected chi connectivity index (χ2v) is 6.76. The lowest BCUT2D eigenvalue weighted by atomic mass is 9.92. The van der Waals surface area contributed by atoms with Crippen molar-refractivity contribution in [1.29, 1.82) is 0 Å². The van der Waals surface area contributed by atoms with Gasteiger partial charge in [0.25, 0.3) is 0 Å². The average molecular weight is 334 g/mol. The molecule has 0 bridgehead atoms. The number of fused-ring (bicyclic) bond motifs is 4. The number of rotatable bonds is 1. The minimum Gasteiger partial charge on any atom is -0.464 e. The highest BCUT2D eigenvalue weighted by atomic mass is 16.7. The summed E-state index contributed by atoms with van der Waals surface area (Å²) in [7, 11) is 0. The van der Waals surface area contributed by atoms with Crippen molar-refractivity contribution in [2.45, 2.75) is 26.1 Å². The van der Waals surface area contributed by atoms with Crippen LogP contribution in [0.15, 0.2) is 51.7 Å². The van der Waals surface area contributed by atoms with Crippen LogP contribution in [0.1, 0.15) is 17.7 Å². The van der Waals surface area contributed by atoms with Crippen LogP contribution in [0.3, 0.4) is 0 Å². The zero-order valence-electron chi connectivity index (χ0n) is 14.0. The first-order valence-corrected chi connectivity index (χ1v) is 8.65. The molecule has 0 spiro atoms. The highest BCUT2D eigenvalue weighted by molar-refractivity contribution is 5.86. The van der Waals surface area contributed by atoms with E-state index in [-0.39, 0.29) is 11.7 Å². The topological polar surface area (TPSA) is 48.7 Å². The van der Waals surface area contributed by atoms with Gasteiger partial charge in [-0.1, -0.05) is 30.3 Å². The van der Waals surface area contributed by atoms with Gasteiger partial charge in [0.15, 0.2) is 0 Å². The minimum atomic E-state index is -0.165. The van der Waals surface area contributed by atoms with Gasteiger partial charge in [-0.3, -0.25) is 4.79 Å². The quantitative estimate of drug-likeness (QED) is 0.673. The van der Waals surface area contributed by atoms with Gasteiger partial charge in [0, 0.05) is 11.5 Å². The summed E-state index contributed by atoms with van der Waals surface area (Å²) in [4.78, 5) is 13.1. The van der Waals surface area contributed by atoms with E-state index in [1.54, 1.807) is 6.07 Å². The van der Waals surface area contributed by atoms with E-state index < -0.39 is 0 Å². The molecule has 0 N–H and O–H groups in total. The van der Waals surface area contributed by atoms with Crippen molar-refractivity contribution in [3.63, 3.8) is 0 Å². The molecule has 2 aliphatic rings. The Kier molecular flexibility index (Phi) is 3.22. The summed E-state index contributed by atoms with van der Waals surface area (Å²) >= 11 is 0. The summed E-state index contributed by atoms with van der Waals surface area (Å²) in [6.07, 6.45) is 1.64. The fraction of sp³-hybridized carbons (Fsp3) is 0.286. The van der Waals surface area contributed by atoms with Crippen LogP contribution in [0.2, 0.25) is 0 Å². The predicted octanol–water partition coefficient (Wildman–Crippen LogP) is 4.07. The van der Waals surface area contributed by atoms with Gasteiger partial charge in [-0.15, -0.1) is 0 Å². The number of hydrogen-bond acceptors (Lipinski definition) is 4. The van der Waals surface area contributed by atoms with Crippen LogP contribution in [-0.4, -0.2) is 12.9 Å². The summed E-state index contributed by atoms with van der Waals surface area (Å²) in [5.41, 5.74) is 3.17. The van der Waals surface area contributed by atoms with Gasteiger partial charge in [-0.25, -0.2) is 0 Å². The normalized spacial score (nSPS) is 21.6. The zero-order chi connectivity index (χ0) is 17.0. The molecular weight excluding hydrogens is 316 g/mol. The predicted molar refractivity (Wildman–Crippen MR) is 94.8 cm³/mol. The van der Waals surface area contributed by atoms with E-state index in [1.165, 1.54) is 0 Å². The van der Waals surface area contributed by atoms with E-state index in [2.05, 4.69) is 0 Å². The second-order valence-electron chi connectivity index (χ2n) is 6.76. The summed E-state index contributed by atoms with van der Waals surface area (Å²) in [6, 6.07) is 13.4. The maximum Gasteiger partial charge on any atom is 0.203 e. The standard InChI is InChI=1S/C21H18O4/c1-12-18(13-5-3-2-4-6-13)19(22)15-7-8-17-16(20(15)24-12)11-14-9-10-23-21(14)25-17/h2-8,14,21H,9-11H2,1H3. The molecule has 0 saturated carbocycles. The summed E-state index contributed by atoms with van der Waals surface area (Å²) in [5.74, 6) is 1.74. The first kappa shape index (κ1) is 14.7. The molecule has 1 saturated heterocycles. The van der Waals surface area contributed by atoms with Crippen LogP contribution >= 0.6 is 0 Å². The van der Waals surface area contributed by atoms with Crippen molar-refractivity contribution in [3.05, 3.63) is 64.0 Å². The smallest absolute Gasteiger partial charge is 0.203 e. The average Bonchev–Trinajstić information content (AvgIpc) is 3.08. The van der Waals surface area contributed by atoms with Crippen LogP contribution in [0.5, 0.6) is 5.75 Å². The lowest BCUT2D eigenvalue weighted by Gasteiger charge is -2.27. The third-order valence-electron chi connectivity index (χ3n) is 5.22. The molecule has 3 heterocycles. The Hall–Kier alpha value is -2.59. The van der Waals surface area contributed by atoms with Crippen molar-refractivity contribution in [3.8, 4) is 16.9 Å². The molecule has 0 aliphatic carbocycles. The third-order valence-corrected chi connectivity index (χ3v) is 5.22. The number of hydrogen-bond donors (Lipinski definition) is 0. The molecule has 3 aromatic rings. The SMILES string of the molecule is Cc1oc2c3c(ccc2c(=O)c1-c1ccccc1)OC1OCCC1C3. The summed E-state index contributed by atoms with van der Waals surface area (Å²) in [6.45, 7) is 2.58. The van der Waals surface area contributed by atoms with Crippen molar-refractivity contribution >= 4 is 11.0 Å². The minimum absolute atomic E-state index is 0.0116. The summed E-state index contributed by atoms with van der Waals surface area (Å²) in [5, 5.41) is 0.615. The lowest BCUT2D eigenvalue weighted by molar-refractivity contribution is -0.0697. The van der Waals surface area contributed by atoms with Crippen molar-refractivity contribution in [2.75, 3.05) is 6.61 Å². The molecule has 126 valence electrons. The molecule has 4 heteroatoms. The van der Waals surface area contributed by atoms with Crippen LogP contribution in [0.4, 0.5) is 0 Å². The van der Waals surface area contributed by atoms with E-state index >= 15 is 0 Å². The van der Waals surface area contributed by atoms with Crippen LogP contribution in [0, 0.1) is 12.8 Å². The second kappa shape index (κ2) is 5.46. The van der Waals surface area contributed by atoms with Crippen molar-refractivity contribution in [2.24, 2.45) is 5.92 Å². The number of ether oxygens (including phenoxy) is 2. The molecule has 0 amide bonds. The lowest BCUT2D eigenvalue weighted by Crippen LogP contribution is -2.29. The molecule has 2 aromatic carbocycles. The molecule has 2 aliphatic heterocycles. The molecule has 25 heavy (non-hydrogen) atoms. The van der Waals surface area contributed by atoms with E-state index in [0.29, 0.717) is 28.2 Å². The Morgan fingerprint density at radius 2 is 1.92 bits per heavy atom. The van der Waals surface area contributed by atoms with Gasteiger partial charge < -0.3 is 13.9 Å². The highest BCUT2D eigenvalue weighted by Gasteiger charge is 2.36. The first-order valence-electron chi connectivity index (χ1n) is 8.65. The van der Waals surface area contributed by atoms with Gasteiger partial charge in [0.05, 0.1) is 17.6 Å². The van der Waals surface area contributed by atoms with Crippen molar-refractivity contribution in [1.82, 2.24) is 0 Å². The largest absolute Gasteiger partial charge is 0.464 e. The monoisotopic (exact) mass is 334 g/mol. The maximum atomic E-state index is 13.1. The number of aryl methyl sites for hydroxylation is 1. The Bertz CT molecular complexity index is 1020. The molecule has 5 rings (SSSR count). The van der Waals surface area contributed by atoms with Gasteiger partial charge in [0.2, 0.25) is 11.7 Å². The number of benzene rings is 2. The molecule has 0 radical (unpaired) electrons. The molecule has 4 nitrogen and oxygen atoms in total. The van der Waals surface area contributed by atoms with Crippen molar-refractivity contribution < 1.29 is 13.9 Å². The van der Waals surface area contributed by atoms with Crippen LogP contribution < -0.4 is 10.2 Å². The fourth-order valence-electron chi connectivity index (χ4n) is 3.97. The Morgan fingerprint density at radius 3 is 2.76 bits per heavy atom. The van der Waals surface area contributed by atoms with Gasteiger partial charge in [0.1, 0.15) is 17.1 Å². The van der Waals surface area contributed by atoms with Gasteiger partial charge in [-0.05, 0) is 37.5 Å². The zero-order valence-corrected chi connectivity index (χ0v) is 14.0. The van der Waals surface area contributed by atoms with Gasteiger partial charge in [-0.2, -0.15) is 0 Å². The van der Waals surface area contributed by atoms with Crippen LogP contribution in [0.25, 0.3) is 22.1 Å². The fourth-order valence-corrected chi connectivity index (χ4v) is 3.97. The molecule has 1 aromatic heterocycles. The Morgan fingerprint density at radius 1 is 1.08 bits per heavy atom.